The van der Waals surface area contributed by atoms with Crippen LogP contribution in [-0.4, -0.2) is 36.9 Å². The van der Waals surface area contributed by atoms with Crippen molar-refractivity contribution in [3.8, 4) is 0 Å². The first-order valence-electron chi connectivity index (χ1n) is 14.0. The molecule has 2 atom stereocenters. The molecule has 6 rings (SSSR count). The molecular formula is C32H37N5. The van der Waals surface area contributed by atoms with Crippen LogP contribution in [0.5, 0.6) is 0 Å². The SMILES string of the molecule is CCC1C(C=Cc2ccc(N3CCCC3)cc2)=NN(c2ccccn2)C1c1ccc(N2CCCC2)cc1. The fraction of sp³-hybridized carbons (Fsp3) is 0.375. The molecule has 2 unspecified atom stereocenters. The fourth-order valence-electron chi connectivity index (χ4n) is 6.05. The quantitative estimate of drug-likeness (QED) is 0.359. The predicted molar refractivity (Wildman–Crippen MR) is 155 cm³/mol. The number of allylic oxidation sites excluding steroid dienone is 1. The Hall–Kier alpha value is -3.60. The van der Waals surface area contributed by atoms with E-state index in [9.17, 15) is 0 Å². The van der Waals surface area contributed by atoms with E-state index >= 15 is 0 Å². The Morgan fingerprint density at radius 3 is 1.95 bits per heavy atom. The number of hydrogen-bond acceptors (Lipinski definition) is 5. The van der Waals surface area contributed by atoms with Crippen molar-refractivity contribution >= 4 is 29.0 Å². The summed E-state index contributed by atoms with van der Waals surface area (Å²) in [6.07, 6.45) is 12.5. The lowest BCUT2D eigenvalue weighted by molar-refractivity contribution is 0.534. The average Bonchev–Trinajstić information content (AvgIpc) is 3.74. The van der Waals surface area contributed by atoms with E-state index in [0.717, 1.165) is 31.0 Å². The zero-order chi connectivity index (χ0) is 25.0. The van der Waals surface area contributed by atoms with Gasteiger partial charge in [-0.2, -0.15) is 5.10 Å². The molecule has 5 nitrogen and oxygen atoms in total. The maximum absolute atomic E-state index is 5.15. The monoisotopic (exact) mass is 491 g/mol. The number of rotatable bonds is 7. The topological polar surface area (TPSA) is 35.0 Å². The minimum atomic E-state index is 0.129. The van der Waals surface area contributed by atoms with Gasteiger partial charge in [-0.1, -0.05) is 43.3 Å². The first kappa shape index (κ1) is 23.8. The summed E-state index contributed by atoms with van der Waals surface area (Å²) in [4.78, 5) is 9.64. The van der Waals surface area contributed by atoms with Crippen molar-refractivity contribution in [2.75, 3.05) is 41.0 Å². The molecule has 2 fully saturated rings. The smallest absolute Gasteiger partial charge is 0.149 e. The van der Waals surface area contributed by atoms with Crippen molar-refractivity contribution in [3.63, 3.8) is 0 Å². The molecule has 3 aromatic rings. The van der Waals surface area contributed by atoms with Crippen LogP contribution in [0, 0.1) is 5.92 Å². The van der Waals surface area contributed by atoms with Gasteiger partial charge in [0.25, 0.3) is 0 Å². The highest BCUT2D eigenvalue weighted by molar-refractivity contribution is 6.02. The highest BCUT2D eigenvalue weighted by Gasteiger charge is 2.37. The summed E-state index contributed by atoms with van der Waals surface area (Å²) in [5, 5.41) is 7.28. The third-order valence-electron chi connectivity index (χ3n) is 8.09. The number of hydrazone groups is 1. The van der Waals surface area contributed by atoms with Crippen LogP contribution in [0.4, 0.5) is 17.2 Å². The van der Waals surface area contributed by atoms with Gasteiger partial charge in [0.1, 0.15) is 5.82 Å². The summed E-state index contributed by atoms with van der Waals surface area (Å²) < 4.78 is 0. The number of pyridine rings is 1. The van der Waals surface area contributed by atoms with E-state index in [4.69, 9.17) is 5.10 Å². The third-order valence-corrected chi connectivity index (χ3v) is 8.09. The molecule has 2 aromatic carbocycles. The first-order valence-corrected chi connectivity index (χ1v) is 14.0. The van der Waals surface area contributed by atoms with E-state index in [1.54, 1.807) is 0 Å². The Kier molecular flexibility index (Phi) is 6.94. The second kappa shape index (κ2) is 10.8. The fourth-order valence-corrected chi connectivity index (χ4v) is 6.05. The second-order valence-electron chi connectivity index (χ2n) is 10.4. The van der Waals surface area contributed by atoms with Crippen LogP contribution in [0.25, 0.3) is 6.08 Å². The molecule has 0 aliphatic carbocycles. The van der Waals surface area contributed by atoms with Crippen molar-refractivity contribution in [1.29, 1.82) is 0 Å². The predicted octanol–water partition coefficient (Wildman–Crippen LogP) is 6.94. The summed E-state index contributed by atoms with van der Waals surface area (Å²) in [5.41, 5.74) is 6.28. The van der Waals surface area contributed by atoms with Crippen molar-refractivity contribution in [2.24, 2.45) is 11.0 Å². The van der Waals surface area contributed by atoms with Crippen molar-refractivity contribution in [3.05, 3.63) is 90.1 Å². The van der Waals surface area contributed by atoms with E-state index in [-0.39, 0.29) is 6.04 Å². The second-order valence-corrected chi connectivity index (χ2v) is 10.4. The molecule has 37 heavy (non-hydrogen) atoms. The van der Waals surface area contributed by atoms with E-state index in [0.29, 0.717) is 5.92 Å². The zero-order valence-corrected chi connectivity index (χ0v) is 21.8. The number of benzene rings is 2. The highest BCUT2D eigenvalue weighted by atomic mass is 15.5. The Labute approximate surface area is 221 Å². The van der Waals surface area contributed by atoms with E-state index in [1.165, 1.54) is 61.3 Å². The Balaban J connectivity index is 1.27. The minimum absolute atomic E-state index is 0.129. The summed E-state index contributed by atoms with van der Waals surface area (Å²) in [6, 6.07) is 24.3. The van der Waals surface area contributed by atoms with Gasteiger partial charge in [0.15, 0.2) is 0 Å². The molecular weight excluding hydrogens is 454 g/mol. The van der Waals surface area contributed by atoms with E-state index in [2.05, 4.69) is 93.5 Å². The summed E-state index contributed by atoms with van der Waals surface area (Å²) in [7, 11) is 0. The maximum atomic E-state index is 5.15. The van der Waals surface area contributed by atoms with Gasteiger partial charge in [-0.15, -0.1) is 0 Å². The van der Waals surface area contributed by atoms with Gasteiger partial charge in [0, 0.05) is 49.7 Å². The van der Waals surface area contributed by atoms with Crippen molar-refractivity contribution < 1.29 is 0 Å². The standard InChI is InChI=1S/C32H37N5/c1-2-29-30(19-12-25-10-15-27(16-11-25)35-21-5-6-22-35)34-37(31-9-3-4-20-33-31)32(29)26-13-17-28(18-14-26)36-23-7-8-24-36/h3-4,9-20,29,32H,2,5-8,21-24H2,1H3. The van der Waals surface area contributed by atoms with Gasteiger partial charge in [-0.05, 0) is 85.7 Å². The lowest BCUT2D eigenvalue weighted by Crippen LogP contribution is -2.25. The molecule has 0 N–H and O–H groups in total. The molecule has 3 aliphatic heterocycles. The molecule has 190 valence electrons. The Bertz CT molecular complexity index is 1220. The number of hydrogen-bond donors (Lipinski definition) is 0. The van der Waals surface area contributed by atoms with Crippen LogP contribution in [0.3, 0.4) is 0 Å². The number of anilines is 3. The van der Waals surface area contributed by atoms with Crippen LogP contribution < -0.4 is 14.8 Å². The molecule has 3 aliphatic rings. The lowest BCUT2D eigenvalue weighted by Gasteiger charge is -2.28. The minimum Gasteiger partial charge on any atom is -0.372 e. The Morgan fingerprint density at radius 2 is 1.38 bits per heavy atom. The van der Waals surface area contributed by atoms with Crippen molar-refractivity contribution in [2.45, 2.75) is 45.1 Å². The van der Waals surface area contributed by atoms with E-state index in [1.807, 2.05) is 18.3 Å². The van der Waals surface area contributed by atoms with E-state index < -0.39 is 0 Å². The van der Waals surface area contributed by atoms with Crippen LogP contribution >= 0.6 is 0 Å². The molecule has 4 heterocycles. The largest absolute Gasteiger partial charge is 0.372 e. The molecule has 0 saturated carbocycles. The lowest BCUT2D eigenvalue weighted by atomic mass is 9.87. The maximum Gasteiger partial charge on any atom is 0.149 e. The summed E-state index contributed by atoms with van der Waals surface area (Å²) in [6.45, 7) is 6.95. The zero-order valence-electron chi connectivity index (χ0n) is 21.8. The van der Waals surface area contributed by atoms with Crippen LogP contribution in [0.1, 0.15) is 56.2 Å². The van der Waals surface area contributed by atoms with Crippen LogP contribution in [0.15, 0.2) is 84.1 Å². The molecule has 0 bridgehead atoms. The molecule has 1 aromatic heterocycles. The number of aromatic nitrogens is 1. The average molecular weight is 492 g/mol. The first-order chi connectivity index (χ1) is 18.3. The molecule has 5 heteroatoms. The molecule has 0 spiro atoms. The van der Waals surface area contributed by atoms with Gasteiger partial charge >= 0.3 is 0 Å². The van der Waals surface area contributed by atoms with Gasteiger partial charge in [0.05, 0.1) is 11.8 Å². The number of nitrogens with zero attached hydrogens (tertiary/aromatic N) is 5. The van der Waals surface area contributed by atoms with Gasteiger partial charge in [0.2, 0.25) is 0 Å². The highest BCUT2D eigenvalue weighted by Crippen LogP contribution is 2.41. The summed E-state index contributed by atoms with van der Waals surface area (Å²) >= 11 is 0. The van der Waals surface area contributed by atoms with Crippen molar-refractivity contribution in [1.82, 2.24) is 4.98 Å². The van der Waals surface area contributed by atoms with Crippen LogP contribution in [-0.2, 0) is 0 Å². The van der Waals surface area contributed by atoms with Gasteiger partial charge in [-0.25, -0.2) is 9.99 Å². The Morgan fingerprint density at radius 1 is 0.757 bits per heavy atom. The third kappa shape index (κ3) is 5.00. The molecule has 2 saturated heterocycles. The molecule has 0 amide bonds. The normalized spacial score (nSPS) is 21.9. The van der Waals surface area contributed by atoms with Gasteiger partial charge < -0.3 is 9.80 Å². The summed E-state index contributed by atoms with van der Waals surface area (Å²) in [5.74, 6) is 1.19. The van der Waals surface area contributed by atoms with Gasteiger partial charge in [-0.3, -0.25) is 0 Å². The van der Waals surface area contributed by atoms with Crippen LogP contribution in [0.2, 0.25) is 0 Å². The molecule has 0 radical (unpaired) electrons.